The van der Waals surface area contributed by atoms with E-state index in [1.807, 2.05) is 30.6 Å². The van der Waals surface area contributed by atoms with Crippen LogP contribution >= 0.6 is 11.3 Å². The number of hydrogen-bond donors (Lipinski definition) is 1. The van der Waals surface area contributed by atoms with E-state index < -0.39 is 23.7 Å². The number of carbonyl (C=O) groups is 1. The number of halogens is 3. The molecule has 0 bridgehead atoms. The molecule has 3 aromatic heterocycles. The van der Waals surface area contributed by atoms with Gasteiger partial charge in [0.25, 0.3) is 0 Å². The maximum atomic E-state index is 13.3. The highest BCUT2D eigenvalue weighted by molar-refractivity contribution is 7.18. The molecule has 0 aromatic carbocycles. The van der Waals surface area contributed by atoms with Crippen molar-refractivity contribution in [3.63, 3.8) is 0 Å². The van der Waals surface area contributed by atoms with Gasteiger partial charge in [0.2, 0.25) is 11.8 Å². The molecule has 3 aromatic rings. The number of thiophene rings is 1. The van der Waals surface area contributed by atoms with Crippen LogP contribution in [0, 0.1) is 0 Å². The van der Waals surface area contributed by atoms with E-state index in [0.29, 0.717) is 37.8 Å². The number of aromatic nitrogens is 5. The summed E-state index contributed by atoms with van der Waals surface area (Å²) in [5.74, 6) is 0.495. The highest BCUT2D eigenvalue weighted by Crippen LogP contribution is 2.36. The normalized spacial score (nSPS) is 18.2. The number of aryl methyl sites for hydroxylation is 1. The smallest absolute Gasteiger partial charge is 0.444 e. The third-order valence-electron chi connectivity index (χ3n) is 6.41. The minimum absolute atomic E-state index is 0.107. The highest BCUT2D eigenvalue weighted by Gasteiger charge is 2.40. The molecule has 1 fully saturated rings. The SMILES string of the molecule is CCCc1cc2c(N3CCn4c(nnc4C(F)(F)F)C3)nc(N3CCC(NC(=O)OC(C)(C)C)C3)nc2s1. The Morgan fingerprint density at radius 3 is 2.66 bits per heavy atom. The Bertz CT molecular complexity index is 1330. The number of nitrogens with zero attached hydrogens (tertiary/aromatic N) is 7. The van der Waals surface area contributed by atoms with Crippen LogP contribution in [0.3, 0.4) is 0 Å². The molecule has 0 radical (unpaired) electrons. The zero-order valence-electron chi connectivity index (χ0n) is 21.8. The van der Waals surface area contributed by atoms with Gasteiger partial charge in [0, 0.05) is 31.1 Å². The molecule has 0 aliphatic carbocycles. The first-order valence-corrected chi connectivity index (χ1v) is 13.5. The van der Waals surface area contributed by atoms with E-state index in [9.17, 15) is 18.0 Å². The van der Waals surface area contributed by atoms with Crippen LogP contribution in [-0.4, -0.2) is 62.1 Å². The standard InChI is InChI=1S/C24H31F3N8O2S/c1-5-6-15-11-16-18(33-9-10-35-17(13-33)31-32-20(35)24(25,26)27)29-21(30-19(16)38-15)34-8-7-14(12-34)28-22(36)37-23(2,3)4/h11,14H,5-10,12-13H2,1-4H3,(H,28,36). The van der Waals surface area contributed by atoms with Gasteiger partial charge in [-0.15, -0.1) is 21.5 Å². The van der Waals surface area contributed by atoms with Crippen LogP contribution in [0.25, 0.3) is 10.2 Å². The van der Waals surface area contributed by atoms with Crippen LogP contribution in [0.1, 0.15) is 57.1 Å². The topological polar surface area (TPSA) is 101 Å². The van der Waals surface area contributed by atoms with E-state index in [-0.39, 0.29) is 25.0 Å². The van der Waals surface area contributed by atoms with Gasteiger partial charge in [-0.1, -0.05) is 13.3 Å². The first kappa shape index (κ1) is 26.4. The van der Waals surface area contributed by atoms with E-state index in [4.69, 9.17) is 14.7 Å². The summed E-state index contributed by atoms with van der Waals surface area (Å²) in [6.07, 6.45) is -2.40. The van der Waals surface area contributed by atoms with Crippen molar-refractivity contribution in [2.45, 2.75) is 77.9 Å². The van der Waals surface area contributed by atoms with E-state index >= 15 is 0 Å². The fraction of sp³-hybridized carbons (Fsp3) is 0.625. The minimum Gasteiger partial charge on any atom is -0.444 e. The maximum absolute atomic E-state index is 13.3. The van der Waals surface area contributed by atoms with Crippen molar-refractivity contribution in [1.29, 1.82) is 0 Å². The summed E-state index contributed by atoms with van der Waals surface area (Å²) in [5, 5.41) is 11.0. The molecule has 2 aliphatic heterocycles. The van der Waals surface area contributed by atoms with Crippen LogP contribution in [-0.2, 0) is 30.4 Å². The fourth-order valence-electron chi connectivity index (χ4n) is 4.78. The second kappa shape index (κ2) is 9.86. The maximum Gasteiger partial charge on any atom is 0.451 e. The summed E-state index contributed by atoms with van der Waals surface area (Å²) < 4.78 is 46.5. The Labute approximate surface area is 222 Å². The number of hydrogen-bond acceptors (Lipinski definition) is 9. The average molecular weight is 553 g/mol. The van der Waals surface area contributed by atoms with Crippen LogP contribution in [0.4, 0.5) is 29.7 Å². The van der Waals surface area contributed by atoms with Crippen LogP contribution in [0.15, 0.2) is 6.07 Å². The second-order valence-electron chi connectivity index (χ2n) is 10.6. The summed E-state index contributed by atoms with van der Waals surface area (Å²) in [5.41, 5.74) is -0.583. The van der Waals surface area contributed by atoms with Gasteiger partial charge in [0.05, 0.1) is 18.0 Å². The van der Waals surface area contributed by atoms with Crippen molar-refractivity contribution in [2.75, 3.05) is 29.4 Å². The van der Waals surface area contributed by atoms with Crippen LogP contribution in [0.5, 0.6) is 0 Å². The number of nitrogens with one attached hydrogen (secondary N) is 1. The summed E-state index contributed by atoms with van der Waals surface area (Å²) >= 11 is 1.61. The summed E-state index contributed by atoms with van der Waals surface area (Å²) in [6, 6.07) is 1.97. The lowest BCUT2D eigenvalue weighted by atomic mass is 10.2. The quantitative estimate of drug-likeness (QED) is 0.498. The molecule has 1 N–H and O–H groups in total. The molecular formula is C24H31F3N8O2S. The molecule has 1 unspecified atom stereocenters. The average Bonchev–Trinajstić information content (AvgIpc) is 3.54. The fourth-order valence-corrected chi connectivity index (χ4v) is 5.90. The molecule has 206 valence electrons. The number of alkyl halides is 3. The second-order valence-corrected chi connectivity index (χ2v) is 11.7. The third-order valence-corrected chi connectivity index (χ3v) is 7.50. The first-order chi connectivity index (χ1) is 17.9. The van der Waals surface area contributed by atoms with E-state index in [1.54, 1.807) is 11.3 Å². The van der Waals surface area contributed by atoms with E-state index in [0.717, 1.165) is 27.6 Å². The summed E-state index contributed by atoms with van der Waals surface area (Å²) in [7, 11) is 0. The number of anilines is 2. The molecule has 5 rings (SSSR count). The third kappa shape index (κ3) is 5.49. The Morgan fingerprint density at radius 2 is 1.95 bits per heavy atom. The van der Waals surface area contributed by atoms with Gasteiger partial charge >= 0.3 is 12.3 Å². The first-order valence-electron chi connectivity index (χ1n) is 12.7. The molecule has 10 nitrogen and oxygen atoms in total. The molecular weight excluding hydrogens is 521 g/mol. The van der Waals surface area contributed by atoms with Gasteiger partial charge < -0.3 is 24.4 Å². The van der Waals surface area contributed by atoms with Crippen molar-refractivity contribution in [3.8, 4) is 0 Å². The number of fused-ring (bicyclic) bond motifs is 2. The van der Waals surface area contributed by atoms with E-state index in [2.05, 4.69) is 28.5 Å². The van der Waals surface area contributed by atoms with Gasteiger partial charge in [0.15, 0.2) is 5.82 Å². The van der Waals surface area contributed by atoms with E-state index in [1.165, 1.54) is 4.88 Å². The lowest BCUT2D eigenvalue weighted by molar-refractivity contribution is -0.147. The van der Waals surface area contributed by atoms with Gasteiger partial charge in [-0.2, -0.15) is 18.2 Å². The van der Waals surface area contributed by atoms with Gasteiger partial charge in [-0.25, -0.2) is 9.78 Å². The zero-order valence-corrected chi connectivity index (χ0v) is 22.6. The number of rotatable bonds is 5. The Morgan fingerprint density at radius 1 is 1.16 bits per heavy atom. The molecule has 14 heteroatoms. The summed E-state index contributed by atoms with van der Waals surface area (Å²) in [6.45, 7) is 9.35. The Kier molecular flexibility index (Phi) is 6.86. The number of ether oxygens (including phenoxy) is 1. The van der Waals surface area contributed by atoms with Gasteiger partial charge in [0.1, 0.15) is 16.2 Å². The van der Waals surface area contributed by atoms with Gasteiger partial charge in [-0.05, 0) is 39.7 Å². The van der Waals surface area contributed by atoms with Gasteiger partial charge in [-0.3, -0.25) is 0 Å². The zero-order chi connectivity index (χ0) is 27.2. The number of alkyl carbamates (subject to hydrolysis) is 1. The molecule has 1 amide bonds. The van der Waals surface area contributed by atoms with Crippen molar-refractivity contribution in [3.05, 3.63) is 22.6 Å². The van der Waals surface area contributed by atoms with Crippen molar-refractivity contribution < 1.29 is 22.7 Å². The lowest BCUT2D eigenvalue weighted by Crippen LogP contribution is -2.40. The highest BCUT2D eigenvalue weighted by atomic mass is 32.1. The predicted octanol–water partition coefficient (Wildman–Crippen LogP) is 4.38. The van der Waals surface area contributed by atoms with Crippen LogP contribution in [0.2, 0.25) is 0 Å². The monoisotopic (exact) mass is 552 g/mol. The molecule has 2 aliphatic rings. The lowest BCUT2D eigenvalue weighted by Gasteiger charge is -2.30. The molecule has 38 heavy (non-hydrogen) atoms. The Balaban J connectivity index is 1.42. The molecule has 0 saturated carbocycles. The number of amides is 1. The summed E-state index contributed by atoms with van der Waals surface area (Å²) in [4.78, 5) is 28.0. The Hall–Kier alpha value is -3.16. The number of carbonyl (C=O) groups excluding carboxylic acids is 1. The van der Waals surface area contributed by atoms with Crippen molar-refractivity contribution in [2.24, 2.45) is 0 Å². The van der Waals surface area contributed by atoms with Crippen molar-refractivity contribution in [1.82, 2.24) is 30.0 Å². The predicted molar refractivity (Wildman–Crippen MR) is 137 cm³/mol. The molecule has 0 spiro atoms. The van der Waals surface area contributed by atoms with Crippen molar-refractivity contribution >= 4 is 39.4 Å². The molecule has 1 atom stereocenters. The largest absolute Gasteiger partial charge is 0.451 e. The molecule has 1 saturated heterocycles. The minimum atomic E-state index is -4.55. The molecule has 5 heterocycles. The van der Waals surface area contributed by atoms with Crippen LogP contribution < -0.4 is 15.1 Å².